The number of amides is 1. The molecule has 0 rings (SSSR count). The number of carboxylic acids is 1. The average Bonchev–Trinajstić information content (AvgIpc) is 2.08. The maximum Gasteiger partial charge on any atom is 0.410 e. The van der Waals surface area contributed by atoms with Crippen LogP contribution in [0, 0.1) is 0 Å². The van der Waals surface area contributed by atoms with Crippen LogP contribution in [0.3, 0.4) is 0 Å². The average molecular weight is 232 g/mol. The van der Waals surface area contributed by atoms with Gasteiger partial charge in [-0.05, 0) is 20.8 Å². The number of hydrogen-bond donors (Lipinski definition) is 2. The van der Waals surface area contributed by atoms with E-state index in [9.17, 15) is 9.59 Å². The van der Waals surface area contributed by atoms with Gasteiger partial charge in [0.05, 0.1) is 6.42 Å². The Morgan fingerprint density at radius 3 is 2.25 bits per heavy atom. The molecule has 0 aliphatic rings. The van der Waals surface area contributed by atoms with Gasteiger partial charge in [-0.15, -0.1) is 0 Å². The lowest BCUT2D eigenvalue weighted by atomic mass is 10.2. The number of carboxylic acid groups (broad SMARTS) is 1. The lowest BCUT2D eigenvalue weighted by molar-refractivity contribution is -0.137. The maximum atomic E-state index is 11.6. The summed E-state index contributed by atoms with van der Waals surface area (Å²) in [6, 6.07) is 0. The molecule has 0 heterocycles. The minimum atomic E-state index is -0.953. The van der Waals surface area contributed by atoms with Crippen LogP contribution in [0.15, 0.2) is 0 Å². The topological polar surface area (TPSA) is 92.9 Å². The Labute approximate surface area is 95.4 Å². The fourth-order valence-electron chi connectivity index (χ4n) is 1.01. The molecule has 94 valence electrons. The monoisotopic (exact) mass is 232 g/mol. The molecule has 6 heteroatoms. The Hall–Kier alpha value is -1.30. The standard InChI is InChI=1S/C10H20N2O4/c1-10(2,3)16-9(15)12(7-5-11)6-4-8(13)14/h4-7,11H2,1-3H3,(H,13,14). The van der Waals surface area contributed by atoms with Gasteiger partial charge in [0, 0.05) is 19.6 Å². The lowest BCUT2D eigenvalue weighted by Gasteiger charge is -2.26. The van der Waals surface area contributed by atoms with Crippen LogP contribution in [0.2, 0.25) is 0 Å². The number of carbonyl (C=O) groups excluding carboxylic acids is 1. The van der Waals surface area contributed by atoms with Gasteiger partial charge in [-0.25, -0.2) is 4.79 Å². The van der Waals surface area contributed by atoms with E-state index in [1.54, 1.807) is 20.8 Å². The summed E-state index contributed by atoms with van der Waals surface area (Å²) in [5.41, 5.74) is 4.75. The highest BCUT2D eigenvalue weighted by atomic mass is 16.6. The molecule has 0 aliphatic heterocycles. The lowest BCUT2D eigenvalue weighted by Crippen LogP contribution is -2.40. The first-order chi connectivity index (χ1) is 7.26. The summed E-state index contributed by atoms with van der Waals surface area (Å²) in [4.78, 5) is 23.3. The Balaban J connectivity index is 4.29. The zero-order valence-electron chi connectivity index (χ0n) is 10.0. The van der Waals surface area contributed by atoms with E-state index in [0.717, 1.165) is 0 Å². The first-order valence-electron chi connectivity index (χ1n) is 5.16. The molecular weight excluding hydrogens is 212 g/mol. The van der Waals surface area contributed by atoms with Crippen molar-refractivity contribution in [2.24, 2.45) is 5.73 Å². The number of hydrogen-bond acceptors (Lipinski definition) is 4. The summed E-state index contributed by atoms with van der Waals surface area (Å²) in [6.45, 7) is 5.94. The number of aliphatic carboxylic acids is 1. The van der Waals surface area contributed by atoms with Crippen molar-refractivity contribution in [1.29, 1.82) is 0 Å². The Bertz CT molecular complexity index is 248. The predicted octanol–water partition coefficient (Wildman–Crippen LogP) is 0.657. The third-order valence-electron chi connectivity index (χ3n) is 1.65. The molecule has 0 bridgehead atoms. The second-order valence-corrected chi connectivity index (χ2v) is 4.40. The van der Waals surface area contributed by atoms with Gasteiger partial charge in [0.25, 0.3) is 0 Å². The first-order valence-corrected chi connectivity index (χ1v) is 5.16. The van der Waals surface area contributed by atoms with Gasteiger partial charge < -0.3 is 20.5 Å². The van der Waals surface area contributed by atoms with Gasteiger partial charge >= 0.3 is 12.1 Å². The van der Waals surface area contributed by atoms with Crippen LogP contribution in [0.1, 0.15) is 27.2 Å². The van der Waals surface area contributed by atoms with E-state index >= 15 is 0 Å². The molecule has 0 saturated carbocycles. The highest BCUT2D eigenvalue weighted by Crippen LogP contribution is 2.09. The third kappa shape index (κ3) is 7.05. The molecule has 0 fully saturated rings. The predicted molar refractivity (Wildman–Crippen MR) is 59.1 cm³/mol. The summed E-state index contributed by atoms with van der Waals surface area (Å²) in [7, 11) is 0. The summed E-state index contributed by atoms with van der Waals surface area (Å²) in [5, 5.41) is 8.53. The molecule has 0 radical (unpaired) electrons. The highest BCUT2D eigenvalue weighted by molar-refractivity contribution is 5.70. The highest BCUT2D eigenvalue weighted by Gasteiger charge is 2.21. The fraction of sp³-hybridized carbons (Fsp3) is 0.800. The van der Waals surface area contributed by atoms with Crippen molar-refractivity contribution in [2.45, 2.75) is 32.8 Å². The van der Waals surface area contributed by atoms with Crippen LogP contribution >= 0.6 is 0 Å². The largest absolute Gasteiger partial charge is 0.481 e. The number of ether oxygens (including phenoxy) is 1. The van der Waals surface area contributed by atoms with Crippen LogP contribution in [0.4, 0.5) is 4.79 Å². The smallest absolute Gasteiger partial charge is 0.410 e. The van der Waals surface area contributed by atoms with E-state index in [-0.39, 0.29) is 19.5 Å². The van der Waals surface area contributed by atoms with E-state index in [0.29, 0.717) is 6.54 Å². The molecule has 0 aliphatic carbocycles. The molecule has 16 heavy (non-hydrogen) atoms. The molecule has 3 N–H and O–H groups in total. The van der Waals surface area contributed by atoms with E-state index in [1.807, 2.05) is 0 Å². The molecule has 1 amide bonds. The van der Waals surface area contributed by atoms with Crippen molar-refractivity contribution in [3.63, 3.8) is 0 Å². The van der Waals surface area contributed by atoms with Crippen LogP contribution in [0.5, 0.6) is 0 Å². The van der Waals surface area contributed by atoms with E-state index in [2.05, 4.69) is 0 Å². The van der Waals surface area contributed by atoms with Crippen molar-refractivity contribution in [3.05, 3.63) is 0 Å². The normalized spacial score (nSPS) is 11.0. The van der Waals surface area contributed by atoms with Crippen molar-refractivity contribution in [3.8, 4) is 0 Å². The third-order valence-corrected chi connectivity index (χ3v) is 1.65. The second-order valence-electron chi connectivity index (χ2n) is 4.40. The molecule has 0 unspecified atom stereocenters. The van der Waals surface area contributed by atoms with Gasteiger partial charge in [-0.3, -0.25) is 4.79 Å². The van der Waals surface area contributed by atoms with Crippen molar-refractivity contribution < 1.29 is 19.4 Å². The Kier molecular flexibility index (Phi) is 5.81. The fourth-order valence-corrected chi connectivity index (χ4v) is 1.01. The van der Waals surface area contributed by atoms with Gasteiger partial charge in [0.1, 0.15) is 5.60 Å². The van der Waals surface area contributed by atoms with E-state index in [4.69, 9.17) is 15.6 Å². The quantitative estimate of drug-likeness (QED) is 0.726. The van der Waals surface area contributed by atoms with Crippen molar-refractivity contribution >= 4 is 12.1 Å². The molecule has 0 spiro atoms. The van der Waals surface area contributed by atoms with E-state index in [1.165, 1.54) is 4.90 Å². The number of nitrogens with two attached hydrogens (primary N) is 1. The summed E-state index contributed by atoms with van der Waals surface area (Å²) in [6.07, 6.45) is -0.640. The summed E-state index contributed by atoms with van der Waals surface area (Å²) < 4.78 is 5.12. The van der Waals surface area contributed by atoms with Gasteiger partial charge in [-0.1, -0.05) is 0 Å². The molecule has 0 aromatic carbocycles. The zero-order valence-corrected chi connectivity index (χ0v) is 10.0. The van der Waals surface area contributed by atoms with Crippen molar-refractivity contribution in [2.75, 3.05) is 19.6 Å². The van der Waals surface area contributed by atoms with Crippen LogP contribution in [0.25, 0.3) is 0 Å². The molecule has 0 saturated heterocycles. The Morgan fingerprint density at radius 1 is 1.31 bits per heavy atom. The minimum absolute atomic E-state index is 0.112. The molecule has 0 atom stereocenters. The number of rotatable bonds is 5. The zero-order chi connectivity index (χ0) is 12.8. The van der Waals surface area contributed by atoms with Gasteiger partial charge in [0.15, 0.2) is 0 Å². The van der Waals surface area contributed by atoms with Gasteiger partial charge in [-0.2, -0.15) is 0 Å². The second kappa shape index (κ2) is 6.32. The summed E-state index contributed by atoms with van der Waals surface area (Å²) in [5.74, 6) is -0.953. The molecule has 6 nitrogen and oxygen atoms in total. The van der Waals surface area contributed by atoms with Crippen LogP contribution < -0.4 is 5.73 Å². The van der Waals surface area contributed by atoms with Crippen LogP contribution in [-0.4, -0.2) is 47.3 Å². The first kappa shape index (κ1) is 14.7. The molecule has 0 aromatic heterocycles. The molecule has 0 aromatic rings. The summed E-state index contributed by atoms with van der Waals surface area (Å²) >= 11 is 0. The number of nitrogens with zero attached hydrogens (tertiary/aromatic N) is 1. The minimum Gasteiger partial charge on any atom is -0.481 e. The van der Waals surface area contributed by atoms with Crippen LogP contribution in [-0.2, 0) is 9.53 Å². The maximum absolute atomic E-state index is 11.6. The van der Waals surface area contributed by atoms with Crippen molar-refractivity contribution in [1.82, 2.24) is 4.90 Å². The Morgan fingerprint density at radius 2 is 1.88 bits per heavy atom. The van der Waals surface area contributed by atoms with Gasteiger partial charge in [0.2, 0.25) is 0 Å². The SMILES string of the molecule is CC(C)(C)OC(=O)N(CCN)CCC(=O)O. The van der Waals surface area contributed by atoms with E-state index < -0.39 is 17.7 Å². The molecular formula is C10H20N2O4. The number of carbonyl (C=O) groups is 2.